The van der Waals surface area contributed by atoms with E-state index in [2.05, 4.69) is 20.5 Å². The number of morpholine rings is 1. The lowest BCUT2D eigenvalue weighted by Crippen LogP contribution is -2.44. The number of unbranched alkanes of at least 4 members (excludes halogenated alkanes) is 2. The quantitative estimate of drug-likeness (QED) is 0.357. The van der Waals surface area contributed by atoms with Crippen LogP contribution in [0.4, 0.5) is 0 Å². The predicted molar refractivity (Wildman–Crippen MR) is 103 cm³/mol. The van der Waals surface area contributed by atoms with Crippen LogP contribution in [0, 0.1) is 0 Å². The van der Waals surface area contributed by atoms with Crippen LogP contribution >= 0.6 is 0 Å². The van der Waals surface area contributed by atoms with Gasteiger partial charge in [0.1, 0.15) is 0 Å². The van der Waals surface area contributed by atoms with Gasteiger partial charge in [0, 0.05) is 46.4 Å². The molecule has 0 amide bonds. The highest BCUT2D eigenvalue weighted by Gasteiger charge is 2.13. The summed E-state index contributed by atoms with van der Waals surface area (Å²) in [5, 5.41) is 6.80. The van der Waals surface area contributed by atoms with Crippen molar-refractivity contribution in [3.8, 4) is 0 Å². The molecule has 6 nitrogen and oxygen atoms in total. The zero-order chi connectivity index (χ0) is 17.6. The molecule has 25 heavy (non-hydrogen) atoms. The van der Waals surface area contributed by atoms with Crippen LogP contribution < -0.4 is 10.6 Å². The average molecular weight is 355 g/mol. The lowest BCUT2D eigenvalue weighted by atomic mass is 9.98. The Bertz CT molecular complexity index is 353. The third-order valence-corrected chi connectivity index (χ3v) is 5.07. The molecule has 2 fully saturated rings. The van der Waals surface area contributed by atoms with Gasteiger partial charge in [-0.3, -0.25) is 9.89 Å². The molecule has 0 aromatic carbocycles. The zero-order valence-corrected chi connectivity index (χ0v) is 16.1. The van der Waals surface area contributed by atoms with Crippen LogP contribution in [-0.2, 0) is 9.47 Å². The van der Waals surface area contributed by atoms with Crippen LogP contribution in [0.25, 0.3) is 0 Å². The van der Waals surface area contributed by atoms with Crippen molar-refractivity contribution >= 4 is 5.96 Å². The maximum Gasteiger partial charge on any atom is 0.191 e. The summed E-state index contributed by atoms with van der Waals surface area (Å²) < 4.78 is 11.3. The van der Waals surface area contributed by atoms with Crippen molar-refractivity contribution in [1.82, 2.24) is 15.5 Å². The fourth-order valence-corrected chi connectivity index (χ4v) is 3.47. The molecule has 0 unspecified atom stereocenters. The van der Waals surface area contributed by atoms with Gasteiger partial charge in [-0.25, -0.2) is 0 Å². The molecule has 6 heteroatoms. The van der Waals surface area contributed by atoms with E-state index in [1.54, 1.807) is 0 Å². The van der Waals surface area contributed by atoms with Crippen LogP contribution in [-0.4, -0.2) is 76.6 Å². The van der Waals surface area contributed by atoms with Gasteiger partial charge < -0.3 is 20.1 Å². The second-order valence-electron chi connectivity index (χ2n) is 7.07. The molecular weight excluding hydrogens is 316 g/mol. The highest BCUT2D eigenvalue weighted by Crippen LogP contribution is 2.20. The average Bonchev–Trinajstić information content (AvgIpc) is 2.67. The Balaban J connectivity index is 1.40. The number of nitrogens with one attached hydrogen (secondary N) is 2. The lowest BCUT2D eigenvalue weighted by Gasteiger charge is -2.26. The minimum atomic E-state index is 0.543. The van der Waals surface area contributed by atoms with Crippen molar-refractivity contribution in [2.75, 3.05) is 59.6 Å². The Labute approximate surface area is 153 Å². The third kappa shape index (κ3) is 9.42. The van der Waals surface area contributed by atoms with Gasteiger partial charge in [0.15, 0.2) is 5.96 Å². The van der Waals surface area contributed by atoms with E-state index in [4.69, 9.17) is 9.47 Å². The fourth-order valence-electron chi connectivity index (χ4n) is 3.47. The maximum absolute atomic E-state index is 5.97. The summed E-state index contributed by atoms with van der Waals surface area (Å²) >= 11 is 0. The molecule has 1 saturated carbocycles. The second kappa shape index (κ2) is 13.4. The summed E-state index contributed by atoms with van der Waals surface area (Å²) in [6, 6.07) is 0. The largest absolute Gasteiger partial charge is 0.379 e. The zero-order valence-electron chi connectivity index (χ0n) is 16.1. The topological polar surface area (TPSA) is 58.1 Å². The van der Waals surface area contributed by atoms with E-state index in [0.29, 0.717) is 6.10 Å². The number of nitrogens with zero attached hydrogens (tertiary/aromatic N) is 2. The number of hydrogen-bond donors (Lipinski definition) is 2. The van der Waals surface area contributed by atoms with Gasteiger partial charge in [-0.15, -0.1) is 0 Å². The molecule has 1 aliphatic carbocycles. The molecule has 0 aromatic rings. The lowest BCUT2D eigenvalue weighted by molar-refractivity contribution is 0.0264. The number of guanidine groups is 1. The van der Waals surface area contributed by atoms with Gasteiger partial charge in [0.25, 0.3) is 0 Å². The molecule has 0 bridgehead atoms. The Kier molecular flexibility index (Phi) is 10.9. The summed E-state index contributed by atoms with van der Waals surface area (Å²) in [6.07, 6.45) is 10.7. The monoisotopic (exact) mass is 354 g/mol. The first-order valence-electron chi connectivity index (χ1n) is 10.2. The Hall–Kier alpha value is -0.850. The minimum Gasteiger partial charge on any atom is -0.379 e. The number of ether oxygens (including phenoxy) is 2. The first kappa shape index (κ1) is 20.5. The Morgan fingerprint density at radius 3 is 2.56 bits per heavy atom. The third-order valence-electron chi connectivity index (χ3n) is 5.07. The number of aliphatic imine (C=N–C) groups is 1. The van der Waals surface area contributed by atoms with Gasteiger partial charge in [-0.05, 0) is 32.1 Å². The highest BCUT2D eigenvalue weighted by atomic mass is 16.5. The maximum atomic E-state index is 5.97. The van der Waals surface area contributed by atoms with Crippen molar-refractivity contribution in [3.63, 3.8) is 0 Å². The van der Waals surface area contributed by atoms with Crippen molar-refractivity contribution in [2.45, 2.75) is 57.5 Å². The van der Waals surface area contributed by atoms with Crippen LogP contribution in [0.3, 0.4) is 0 Å². The first-order valence-corrected chi connectivity index (χ1v) is 10.2. The van der Waals surface area contributed by atoms with Crippen molar-refractivity contribution in [2.24, 2.45) is 4.99 Å². The van der Waals surface area contributed by atoms with Gasteiger partial charge in [-0.1, -0.05) is 19.3 Å². The van der Waals surface area contributed by atoms with Gasteiger partial charge in [0.2, 0.25) is 0 Å². The van der Waals surface area contributed by atoms with Crippen LogP contribution in [0.15, 0.2) is 4.99 Å². The molecule has 1 heterocycles. The molecular formula is C19H38N4O2. The Morgan fingerprint density at radius 1 is 1.04 bits per heavy atom. The summed E-state index contributed by atoms with van der Waals surface area (Å²) in [5.74, 6) is 0.909. The molecule has 0 atom stereocenters. The standard InChI is InChI=1S/C19H38N4O2/c1-20-19(22-11-12-23-13-16-24-17-14-23)21-10-6-3-7-15-25-18-8-4-2-5-9-18/h18H,2-17H2,1H3,(H2,20,21,22). The van der Waals surface area contributed by atoms with Gasteiger partial charge in [-0.2, -0.15) is 0 Å². The molecule has 0 aromatic heterocycles. The van der Waals surface area contributed by atoms with Crippen molar-refractivity contribution < 1.29 is 9.47 Å². The minimum absolute atomic E-state index is 0.543. The highest BCUT2D eigenvalue weighted by molar-refractivity contribution is 5.79. The molecule has 146 valence electrons. The van der Waals surface area contributed by atoms with E-state index >= 15 is 0 Å². The van der Waals surface area contributed by atoms with Crippen LogP contribution in [0.1, 0.15) is 51.4 Å². The summed E-state index contributed by atoms with van der Waals surface area (Å²) in [7, 11) is 1.84. The summed E-state index contributed by atoms with van der Waals surface area (Å²) in [4.78, 5) is 6.72. The van der Waals surface area contributed by atoms with Gasteiger partial charge in [0.05, 0.1) is 19.3 Å². The van der Waals surface area contributed by atoms with E-state index < -0.39 is 0 Å². The molecule has 2 rings (SSSR count). The van der Waals surface area contributed by atoms with Crippen LogP contribution in [0.5, 0.6) is 0 Å². The number of rotatable bonds is 10. The Morgan fingerprint density at radius 2 is 1.80 bits per heavy atom. The molecule has 2 N–H and O–H groups in total. The summed E-state index contributed by atoms with van der Waals surface area (Å²) in [6.45, 7) is 7.66. The van der Waals surface area contributed by atoms with Gasteiger partial charge >= 0.3 is 0 Å². The van der Waals surface area contributed by atoms with Crippen molar-refractivity contribution in [1.29, 1.82) is 0 Å². The fraction of sp³-hybridized carbons (Fsp3) is 0.947. The normalized spacial score (nSPS) is 20.6. The van der Waals surface area contributed by atoms with E-state index in [0.717, 1.165) is 64.9 Å². The van der Waals surface area contributed by atoms with Crippen molar-refractivity contribution in [3.05, 3.63) is 0 Å². The molecule has 1 saturated heterocycles. The predicted octanol–water partition coefficient (Wildman–Crippen LogP) is 2.00. The van der Waals surface area contributed by atoms with E-state index in [-0.39, 0.29) is 0 Å². The molecule has 2 aliphatic rings. The molecule has 0 spiro atoms. The molecule has 1 aliphatic heterocycles. The van der Waals surface area contributed by atoms with E-state index in [1.165, 1.54) is 44.9 Å². The smallest absolute Gasteiger partial charge is 0.191 e. The SMILES string of the molecule is CN=C(NCCCCCOC1CCCCC1)NCCN1CCOCC1. The first-order chi connectivity index (χ1) is 12.4. The van der Waals surface area contributed by atoms with E-state index in [1.807, 2.05) is 7.05 Å². The summed E-state index contributed by atoms with van der Waals surface area (Å²) in [5.41, 5.74) is 0. The second-order valence-corrected chi connectivity index (χ2v) is 7.07. The number of hydrogen-bond acceptors (Lipinski definition) is 4. The molecule has 0 radical (unpaired) electrons. The van der Waals surface area contributed by atoms with Crippen LogP contribution in [0.2, 0.25) is 0 Å². The van der Waals surface area contributed by atoms with E-state index in [9.17, 15) is 0 Å².